The zero-order chi connectivity index (χ0) is 20.2. The summed E-state index contributed by atoms with van der Waals surface area (Å²) in [6, 6.07) is 7.99. The Balaban J connectivity index is 1.31. The van der Waals surface area contributed by atoms with Crippen LogP contribution in [0.2, 0.25) is 0 Å². The molecule has 29 heavy (non-hydrogen) atoms. The minimum atomic E-state index is 0.0158. The van der Waals surface area contributed by atoms with Gasteiger partial charge in [-0.25, -0.2) is 0 Å². The lowest BCUT2D eigenvalue weighted by molar-refractivity contribution is -0.117. The van der Waals surface area contributed by atoms with E-state index in [1.165, 1.54) is 49.0 Å². The van der Waals surface area contributed by atoms with E-state index >= 15 is 0 Å². The third-order valence-corrected chi connectivity index (χ3v) is 7.01. The molecule has 0 unspecified atom stereocenters. The van der Waals surface area contributed by atoms with Crippen molar-refractivity contribution in [3.63, 3.8) is 0 Å². The van der Waals surface area contributed by atoms with Crippen LogP contribution in [0.5, 0.6) is 0 Å². The molecule has 1 atom stereocenters. The molecule has 1 aliphatic heterocycles. The molecule has 2 aliphatic rings. The van der Waals surface area contributed by atoms with Crippen molar-refractivity contribution < 1.29 is 9.59 Å². The highest BCUT2D eigenvalue weighted by Gasteiger charge is 2.34. The van der Waals surface area contributed by atoms with E-state index in [1.54, 1.807) is 0 Å². The van der Waals surface area contributed by atoms with Crippen molar-refractivity contribution in [3.8, 4) is 0 Å². The van der Waals surface area contributed by atoms with E-state index in [1.807, 2.05) is 36.1 Å². The number of carbonyl (C=O) groups excluding carboxylic acids is 2. The largest absolute Gasteiger partial charge is 0.312 e. The van der Waals surface area contributed by atoms with E-state index in [-0.39, 0.29) is 17.7 Å². The van der Waals surface area contributed by atoms with Crippen molar-refractivity contribution >= 4 is 34.0 Å². The van der Waals surface area contributed by atoms with Gasteiger partial charge in [-0.05, 0) is 31.4 Å². The van der Waals surface area contributed by atoms with Gasteiger partial charge in [0.2, 0.25) is 16.9 Å². The van der Waals surface area contributed by atoms with E-state index in [2.05, 4.69) is 15.5 Å². The summed E-state index contributed by atoms with van der Waals surface area (Å²) in [6.45, 7) is 2.64. The molecule has 2 fully saturated rings. The zero-order valence-corrected chi connectivity index (χ0v) is 17.7. The van der Waals surface area contributed by atoms with Crippen molar-refractivity contribution in [3.05, 3.63) is 34.8 Å². The van der Waals surface area contributed by atoms with Crippen LogP contribution in [0.4, 0.5) is 10.8 Å². The minimum Gasteiger partial charge on any atom is -0.312 e. The molecule has 6 nitrogen and oxygen atoms in total. The maximum absolute atomic E-state index is 12.5. The molecule has 2 aromatic rings. The number of carbonyl (C=O) groups is 2. The molecule has 1 aromatic carbocycles. The maximum atomic E-state index is 12.5. The van der Waals surface area contributed by atoms with Crippen molar-refractivity contribution in [1.29, 1.82) is 0 Å². The summed E-state index contributed by atoms with van der Waals surface area (Å²) in [7, 11) is 0. The lowest BCUT2D eigenvalue weighted by Crippen LogP contribution is -2.24. The number of benzene rings is 1. The van der Waals surface area contributed by atoms with E-state index in [4.69, 9.17) is 0 Å². The summed E-state index contributed by atoms with van der Waals surface area (Å²) in [4.78, 5) is 26.6. The van der Waals surface area contributed by atoms with Crippen LogP contribution >= 0.6 is 11.3 Å². The minimum absolute atomic E-state index is 0.0158. The van der Waals surface area contributed by atoms with Crippen molar-refractivity contribution in [2.45, 2.75) is 64.2 Å². The lowest BCUT2D eigenvalue weighted by Gasteiger charge is -2.20. The number of hydrogen-bond donors (Lipinski definition) is 1. The van der Waals surface area contributed by atoms with Crippen LogP contribution in [-0.2, 0) is 9.59 Å². The molecule has 2 amide bonds. The molecule has 2 heterocycles. The van der Waals surface area contributed by atoms with E-state index in [0.717, 1.165) is 17.1 Å². The fourth-order valence-electron chi connectivity index (χ4n) is 4.29. The maximum Gasteiger partial charge on any atom is 0.227 e. The summed E-state index contributed by atoms with van der Waals surface area (Å²) in [5, 5.41) is 12.6. The molecule has 0 bridgehead atoms. The van der Waals surface area contributed by atoms with Crippen LogP contribution in [0.15, 0.2) is 24.3 Å². The van der Waals surface area contributed by atoms with Gasteiger partial charge in [0.05, 0.1) is 0 Å². The fraction of sp³-hybridized carbons (Fsp3) is 0.545. The number of amides is 2. The van der Waals surface area contributed by atoms with Gasteiger partial charge < -0.3 is 10.2 Å². The van der Waals surface area contributed by atoms with Gasteiger partial charge in [-0.1, -0.05) is 61.1 Å². The van der Waals surface area contributed by atoms with E-state index in [9.17, 15) is 9.59 Å². The normalized spacial score (nSPS) is 20.2. The second-order valence-corrected chi connectivity index (χ2v) is 9.29. The third-order valence-electron chi connectivity index (χ3n) is 6.01. The average Bonchev–Trinajstić information content (AvgIpc) is 3.34. The number of aromatic nitrogens is 2. The molecule has 1 N–H and O–H groups in total. The molecule has 0 spiro atoms. The van der Waals surface area contributed by atoms with Gasteiger partial charge in [-0.2, -0.15) is 0 Å². The predicted octanol–water partition coefficient (Wildman–Crippen LogP) is 4.67. The number of hydrogen-bond acceptors (Lipinski definition) is 5. The monoisotopic (exact) mass is 412 g/mol. The smallest absolute Gasteiger partial charge is 0.227 e. The topological polar surface area (TPSA) is 75.2 Å². The van der Waals surface area contributed by atoms with Crippen LogP contribution < -0.4 is 10.2 Å². The molecule has 1 saturated carbocycles. The molecule has 154 valence electrons. The predicted molar refractivity (Wildman–Crippen MR) is 115 cm³/mol. The first-order chi connectivity index (χ1) is 14.1. The molecule has 1 aliphatic carbocycles. The second kappa shape index (κ2) is 9.03. The zero-order valence-electron chi connectivity index (χ0n) is 16.9. The third kappa shape index (κ3) is 5.01. The first kappa shape index (κ1) is 20.0. The molecule has 1 aromatic heterocycles. The number of aryl methyl sites for hydroxylation is 1. The van der Waals surface area contributed by atoms with Crippen molar-refractivity contribution in [2.24, 2.45) is 5.92 Å². The fourth-order valence-corrected chi connectivity index (χ4v) is 5.14. The van der Waals surface area contributed by atoms with Crippen LogP contribution in [-0.4, -0.2) is 28.6 Å². The highest BCUT2D eigenvalue weighted by Crippen LogP contribution is 2.34. The standard InChI is InChI=1S/C22H28N4O2S/c1-15-7-10-18(11-8-15)26-14-17(13-20(26)28)21-24-25-22(29-21)23-19(27)12-9-16-5-3-2-4-6-16/h7-8,10-11,16-17H,2-6,9,12-14H2,1H3,(H,23,25,27)/t17-/m1/s1. The van der Waals surface area contributed by atoms with Crippen LogP contribution in [0.25, 0.3) is 0 Å². The lowest BCUT2D eigenvalue weighted by atomic mass is 9.86. The van der Waals surface area contributed by atoms with Crippen LogP contribution in [0.3, 0.4) is 0 Å². The van der Waals surface area contributed by atoms with Gasteiger partial charge in [0.15, 0.2) is 0 Å². The second-order valence-electron chi connectivity index (χ2n) is 8.28. The number of nitrogens with one attached hydrogen (secondary N) is 1. The number of rotatable bonds is 6. The summed E-state index contributed by atoms with van der Waals surface area (Å²) in [5.41, 5.74) is 2.09. The molecule has 1 saturated heterocycles. The Labute approximate surface area is 175 Å². The molecular formula is C22H28N4O2S. The summed E-state index contributed by atoms with van der Waals surface area (Å²) in [6.07, 6.45) is 8.37. The Morgan fingerprint density at radius 2 is 1.93 bits per heavy atom. The first-order valence-electron chi connectivity index (χ1n) is 10.6. The highest BCUT2D eigenvalue weighted by molar-refractivity contribution is 7.15. The summed E-state index contributed by atoms with van der Waals surface area (Å²) in [5.74, 6) is 0.833. The summed E-state index contributed by atoms with van der Waals surface area (Å²) < 4.78 is 0. The number of nitrogens with zero attached hydrogens (tertiary/aromatic N) is 3. The molecular weight excluding hydrogens is 384 g/mol. The molecule has 4 rings (SSSR count). The Kier molecular flexibility index (Phi) is 6.23. The first-order valence-corrected chi connectivity index (χ1v) is 11.4. The van der Waals surface area contributed by atoms with Crippen LogP contribution in [0, 0.1) is 12.8 Å². The van der Waals surface area contributed by atoms with Gasteiger partial charge in [0.1, 0.15) is 5.01 Å². The van der Waals surface area contributed by atoms with Crippen LogP contribution in [0.1, 0.15) is 67.9 Å². The number of anilines is 2. The highest BCUT2D eigenvalue weighted by atomic mass is 32.1. The summed E-state index contributed by atoms with van der Waals surface area (Å²) >= 11 is 1.39. The van der Waals surface area contributed by atoms with Gasteiger partial charge in [0, 0.05) is 31.0 Å². The molecule has 0 radical (unpaired) electrons. The average molecular weight is 413 g/mol. The van der Waals surface area contributed by atoms with Crippen molar-refractivity contribution in [1.82, 2.24) is 10.2 Å². The Hall–Kier alpha value is -2.28. The Morgan fingerprint density at radius 1 is 1.17 bits per heavy atom. The van der Waals surface area contributed by atoms with Gasteiger partial charge in [-0.15, -0.1) is 10.2 Å². The van der Waals surface area contributed by atoms with Crippen molar-refractivity contribution in [2.75, 3.05) is 16.8 Å². The SMILES string of the molecule is Cc1ccc(N2C[C@H](c3nnc(NC(=O)CCC4CCCCC4)s3)CC2=O)cc1. The quantitative estimate of drug-likeness (QED) is 0.748. The van der Waals surface area contributed by atoms with Gasteiger partial charge >= 0.3 is 0 Å². The van der Waals surface area contributed by atoms with Gasteiger partial charge in [-0.3, -0.25) is 9.59 Å². The van der Waals surface area contributed by atoms with Gasteiger partial charge in [0.25, 0.3) is 0 Å². The van der Waals surface area contributed by atoms with E-state index < -0.39 is 0 Å². The molecule has 7 heteroatoms. The Bertz CT molecular complexity index is 858. The Morgan fingerprint density at radius 3 is 2.69 bits per heavy atom. The van der Waals surface area contributed by atoms with E-state index in [0.29, 0.717) is 30.4 Å².